The van der Waals surface area contributed by atoms with Gasteiger partial charge in [-0.25, -0.2) is 0 Å². The van der Waals surface area contributed by atoms with E-state index in [1.807, 2.05) is 32.2 Å². The third-order valence-electron chi connectivity index (χ3n) is 3.48. The van der Waals surface area contributed by atoms with Gasteiger partial charge in [-0.15, -0.1) is 0 Å². The Morgan fingerprint density at radius 3 is 2.65 bits per heavy atom. The fourth-order valence-corrected chi connectivity index (χ4v) is 2.10. The highest BCUT2D eigenvalue weighted by Gasteiger charge is 2.16. The molecule has 1 aromatic carbocycles. The van der Waals surface area contributed by atoms with E-state index in [0.717, 1.165) is 25.9 Å². The lowest BCUT2D eigenvalue weighted by Gasteiger charge is -2.26. The number of likely N-dealkylation sites (N-methyl/N-ethyl adjacent to an activating group) is 1. The van der Waals surface area contributed by atoms with Gasteiger partial charge in [-0.1, -0.05) is 37.3 Å². The third-order valence-corrected chi connectivity index (χ3v) is 3.48. The molecule has 1 amide bonds. The molecule has 1 rings (SSSR count). The Bertz CT molecular complexity index is 381. The minimum Gasteiger partial charge on any atom is -0.356 e. The van der Waals surface area contributed by atoms with Gasteiger partial charge in [-0.05, 0) is 25.5 Å². The van der Waals surface area contributed by atoms with Crippen molar-refractivity contribution in [3.8, 4) is 0 Å². The molecule has 0 bridgehead atoms. The summed E-state index contributed by atoms with van der Waals surface area (Å²) in [6, 6.07) is 10.5. The van der Waals surface area contributed by atoms with Crippen LogP contribution in [-0.2, 0) is 11.2 Å². The van der Waals surface area contributed by atoms with Gasteiger partial charge in [0.15, 0.2) is 0 Å². The molecule has 0 spiro atoms. The van der Waals surface area contributed by atoms with Gasteiger partial charge in [0.1, 0.15) is 0 Å². The van der Waals surface area contributed by atoms with Crippen LogP contribution in [0.5, 0.6) is 0 Å². The van der Waals surface area contributed by atoms with E-state index in [9.17, 15) is 4.79 Å². The van der Waals surface area contributed by atoms with Crippen molar-refractivity contribution in [2.24, 2.45) is 5.73 Å². The fourth-order valence-electron chi connectivity index (χ4n) is 2.10. The number of carbonyl (C=O) groups excluding carboxylic acids is 1. The topological polar surface area (TPSA) is 58.4 Å². The molecule has 0 saturated carbocycles. The molecule has 4 nitrogen and oxygen atoms in total. The lowest BCUT2D eigenvalue weighted by molar-refractivity contribution is -0.122. The van der Waals surface area contributed by atoms with E-state index in [-0.39, 0.29) is 11.9 Å². The Morgan fingerprint density at radius 1 is 1.35 bits per heavy atom. The standard InChI is InChI=1S/C16H27N3O/c1-3-10-18-16(20)12-15(13-17)19(2)11-9-14-7-5-4-6-8-14/h4-8,15H,3,9-13,17H2,1-2H3,(H,18,20). The van der Waals surface area contributed by atoms with E-state index >= 15 is 0 Å². The number of benzene rings is 1. The van der Waals surface area contributed by atoms with Gasteiger partial charge in [0.2, 0.25) is 5.91 Å². The minimum absolute atomic E-state index is 0.0915. The fraction of sp³-hybridized carbons (Fsp3) is 0.562. The summed E-state index contributed by atoms with van der Waals surface area (Å²) >= 11 is 0. The van der Waals surface area contributed by atoms with E-state index in [0.29, 0.717) is 13.0 Å². The van der Waals surface area contributed by atoms with Gasteiger partial charge < -0.3 is 16.0 Å². The zero-order valence-corrected chi connectivity index (χ0v) is 12.6. The van der Waals surface area contributed by atoms with Crippen LogP contribution in [0.4, 0.5) is 0 Å². The second-order valence-electron chi connectivity index (χ2n) is 5.16. The van der Waals surface area contributed by atoms with Gasteiger partial charge in [-0.3, -0.25) is 4.79 Å². The Balaban J connectivity index is 2.38. The maximum absolute atomic E-state index is 11.8. The monoisotopic (exact) mass is 277 g/mol. The molecule has 1 aromatic rings. The zero-order valence-electron chi connectivity index (χ0n) is 12.6. The molecule has 0 saturated heterocycles. The number of hydrogen-bond acceptors (Lipinski definition) is 3. The number of nitrogens with zero attached hydrogens (tertiary/aromatic N) is 1. The van der Waals surface area contributed by atoms with E-state index in [1.165, 1.54) is 5.56 Å². The Morgan fingerprint density at radius 2 is 2.05 bits per heavy atom. The molecule has 0 fully saturated rings. The first kappa shape index (κ1) is 16.7. The lowest BCUT2D eigenvalue weighted by Crippen LogP contribution is -2.42. The number of hydrogen-bond donors (Lipinski definition) is 2. The molecular formula is C16H27N3O. The molecule has 3 N–H and O–H groups in total. The van der Waals surface area contributed by atoms with Crippen LogP contribution in [-0.4, -0.2) is 43.5 Å². The first-order valence-corrected chi connectivity index (χ1v) is 7.38. The second-order valence-corrected chi connectivity index (χ2v) is 5.16. The van der Waals surface area contributed by atoms with Crippen molar-refractivity contribution in [3.63, 3.8) is 0 Å². The van der Waals surface area contributed by atoms with Crippen LogP contribution in [0.2, 0.25) is 0 Å². The number of rotatable bonds is 9. The van der Waals surface area contributed by atoms with E-state index in [2.05, 4.69) is 22.3 Å². The normalized spacial score (nSPS) is 12.4. The first-order chi connectivity index (χ1) is 9.67. The Kier molecular flexibility index (Phi) is 7.92. The quantitative estimate of drug-likeness (QED) is 0.717. The van der Waals surface area contributed by atoms with Crippen molar-refractivity contribution >= 4 is 5.91 Å². The number of amides is 1. The van der Waals surface area contributed by atoms with Crippen LogP contribution in [0.1, 0.15) is 25.3 Å². The summed E-state index contributed by atoms with van der Waals surface area (Å²) in [5, 5.41) is 2.90. The molecule has 1 atom stereocenters. The van der Waals surface area contributed by atoms with Crippen LogP contribution >= 0.6 is 0 Å². The molecule has 0 heterocycles. The number of nitrogens with one attached hydrogen (secondary N) is 1. The van der Waals surface area contributed by atoms with E-state index in [4.69, 9.17) is 5.73 Å². The summed E-state index contributed by atoms with van der Waals surface area (Å²) < 4.78 is 0. The molecule has 0 aliphatic rings. The minimum atomic E-state index is 0.0915. The molecule has 0 radical (unpaired) electrons. The van der Waals surface area contributed by atoms with Crippen molar-refractivity contribution < 1.29 is 4.79 Å². The molecule has 0 aromatic heterocycles. The van der Waals surface area contributed by atoms with Gasteiger partial charge in [0.05, 0.1) is 0 Å². The summed E-state index contributed by atoms with van der Waals surface area (Å²) in [6.07, 6.45) is 2.41. The summed E-state index contributed by atoms with van der Waals surface area (Å²) in [5.41, 5.74) is 7.11. The average Bonchev–Trinajstić information content (AvgIpc) is 2.49. The maximum Gasteiger partial charge on any atom is 0.221 e. The first-order valence-electron chi connectivity index (χ1n) is 7.38. The zero-order chi connectivity index (χ0) is 14.8. The van der Waals surface area contributed by atoms with Gasteiger partial charge >= 0.3 is 0 Å². The highest BCUT2D eigenvalue weighted by Crippen LogP contribution is 2.05. The molecule has 0 aliphatic carbocycles. The van der Waals surface area contributed by atoms with Crippen molar-refractivity contribution in [1.82, 2.24) is 10.2 Å². The van der Waals surface area contributed by atoms with Gasteiger partial charge in [-0.2, -0.15) is 0 Å². The summed E-state index contributed by atoms with van der Waals surface area (Å²) in [7, 11) is 2.04. The summed E-state index contributed by atoms with van der Waals surface area (Å²) in [6.45, 7) is 4.20. The molecule has 0 aliphatic heterocycles. The van der Waals surface area contributed by atoms with Crippen molar-refractivity contribution in [3.05, 3.63) is 35.9 Å². The predicted octanol–water partition coefficient (Wildman–Crippen LogP) is 1.40. The molecular weight excluding hydrogens is 250 g/mol. The van der Waals surface area contributed by atoms with E-state index in [1.54, 1.807) is 0 Å². The summed E-state index contributed by atoms with van der Waals surface area (Å²) in [4.78, 5) is 13.9. The van der Waals surface area contributed by atoms with Crippen LogP contribution in [0.3, 0.4) is 0 Å². The molecule has 1 unspecified atom stereocenters. The molecule has 20 heavy (non-hydrogen) atoms. The average molecular weight is 277 g/mol. The van der Waals surface area contributed by atoms with E-state index < -0.39 is 0 Å². The maximum atomic E-state index is 11.8. The number of carbonyl (C=O) groups is 1. The smallest absolute Gasteiger partial charge is 0.221 e. The van der Waals surface area contributed by atoms with Gasteiger partial charge in [0.25, 0.3) is 0 Å². The largest absolute Gasteiger partial charge is 0.356 e. The van der Waals surface area contributed by atoms with Crippen molar-refractivity contribution in [2.75, 3.05) is 26.7 Å². The second kappa shape index (κ2) is 9.50. The van der Waals surface area contributed by atoms with Gasteiger partial charge in [0, 0.05) is 32.1 Å². The molecule has 4 heteroatoms. The van der Waals surface area contributed by atoms with Crippen LogP contribution in [0.15, 0.2) is 30.3 Å². The highest BCUT2D eigenvalue weighted by atomic mass is 16.1. The van der Waals surface area contributed by atoms with Crippen molar-refractivity contribution in [1.29, 1.82) is 0 Å². The number of nitrogens with two attached hydrogens (primary N) is 1. The van der Waals surface area contributed by atoms with Crippen LogP contribution in [0.25, 0.3) is 0 Å². The van der Waals surface area contributed by atoms with Crippen molar-refractivity contribution in [2.45, 2.75) is 32.2 Å². The van der Waals surface area contributed by atoms with Crippen LogP contribution in [0, 0.1) is 0 Å². The third kappa shape index (κ3) is 6.17. The lowest BCUT2D eigenvalue weighted by atomic mass is 10.1. The SMILES string of the molecule is CCCNC(=O)CC(CN)N(C)CCc1ccccc1. The Hall–Kier alpha value is -1.39. The summed E-state index contributed by atoms with van der Waals surface area (Å²) in [5.74, 6) is 0.0915. The highest BCUT2D eigenvalue weighted by molar-refractivity contribution is 5.76. The predicted molar refractivity (Wildman–Crippen MR) is 83.5 cm³/mol. The van der Waals surface area contributed by atoms with Crippen LogP contribution < -0.4 is 11.1 Å². The molecule has 112 valence electrons. The Labute approximate surface area is 122 Å².